The molecule has 0 aromatic carbocycles. The van der Waals surface area contributed by atoms with Crippen LogP contribution in [0, 0.1) is 0 Å². The van der Waals surface area contributed by atoms with Crippen LogP contribution in [0.15, 0.2) is 17.2 Å². The van der Waals surface area contributed by atoms with E-state index in [4.69, 9.17) is 10.5 Å². The van der Waals surface area contributed by atoms with Gasteiger partial charge in [-0.15, -0.1) is 0 Å². The molecule has 1 aliphatic carbocycles. The first-order valence-corrected chi connectivity index (χ1v) is 8.95. The summed E-state index contributed by atoms with van der Waals surface area (Å²) >= 11 is 0. The highest BCUT2D eigenvalue weighted by Gasteiger charge is 2.30. The maximum absolute atomic E-state index is 12.7. The van der Waals surface area contributed by atoms with Gasteiger partial charge in [0.15, 0.2) is 0 Å². The molecule has 21 heavy (non-hydrogen) atoms. The molecular formula is C14H23N3O3S. The number of hydrogen-bond donors (Lipinski definition) is 1. The number of rotatable bonds is 6. The first kappa shape index (κ1) is 15.0. The molecule has 0 spiro atoms. The van der Waals surface area contributed by atoms with Gasteiger partial charge in [-0.05, 0) is 31.7 Å². The lowest BCUT2D eigenvalue weighted by Gasteiger charge is -2.19. The fourth-order valence-electron chi connectivity index (χ4n) is 2.85. The summed E-state index contributed by atoms with van der Waals surface area (Å²) in [5, 5.41) is 0. The Balaban J connectivity index is 1.79. The number of sulfonamides is 1. The van der Waals surface area contributed by atoms with E-state index in [1.54, 1.807) is 19.3 Å². The molecule has 6 nitrogen and oxygen atoms in total. The number of nitrogens with zero attached hydrogens (tertiary/aromatic N) is 2. The van der Waals surface area contributed by atoms with Gasteiger partial charge in [-0.2, -0.15) is 4.31 Å². The van der Waals surface area contributed by atoms with Crippen molar-refractivity contribution in [3.63, 3.8) is 0 Å². The normalized spacial score (nSPS) is 23.1. The van der Waals surface area contributed by atoms with Gasteiger partial charge < -0.3 is 15.0 Å². The Kier molecular flexibility index (Phi) is 4.09. The minimum Gasteiger partial charge on any atom is -0.377 e. The molecular weight excluding hydrogens is 290 g/mol. The second-order valence-corrected chi connectivity index (χ2v) is 7.98. The van der Waals surface area contributed by atoms with Crippen LogP contribution < -0.4 is 5.73 Å². The fourth-order valence-corrected chi connectivity index (χ4v) is 4.10. The van der Waals surface area contributed by atoms with Crippen LogP contribution in [0.2, 0.25) is 0 Å². The average Bonchev–Trinajstić information content (AvgIpc) is 3.00. The summed E-state index contributed by atoms with van der Waals surface area (Å²) in [6.07, 6.45) is 5.90. The highest BCUT2D eigenvalue weighted by molar-refractivity contribution is 7.89. The first-order chi connectivity index (χ1) is 10.0. The largest absolute Gasteiger partial charge is 0.377 e. The van der Waals surface area contributed by atoms with Crippen LogP contribution in [-0.4, -0.2) is 43.6 Å². The van der Waals surface area contributed by atoms with Crippen LogP contribution in [0.25, 0.3) is 0 Å². The number of hydrogen-bond acceptors (Lipinski definition) is 4. The molecule has 1 atom stereocenters. The lowest BCUT2D eigenvalue weighted by Crippen LogP contribution is -2.33. The fraction of sp³-hybridized carbons (Fsp3) is 0.714. The molecule has 0 bridgehead atoms. The van der Waals surface area contributed by atoms with Crippen molar-refractivity contribution in [1.29, 1.82) is 0 Å². The van der Waals surface area contributed by atoms with E-state index in [0.717, 1.165) is 38.0 Å². The van der Waals surface area contributed by atoms with Crippen LogP contribution in [0.3, 0.4) is 0 Å². The van der Waals surface area contributed by atoms with E-state index in [2.05, 4.69) is 0 Å². The van der Waals surface area contributed by atoms with Gasteiger partial charge >= 0.3 is 0 Å². The van der Waals surface area contributed by atoms with Crippen LogP contribution in [0.5, 0.6) is 0 Å². The Bertz CT molecular complexity index is 601. The molecule has 1 unspecified atom stereocenters. The molecule has 0 amide bonds. The van der Waals surface area contributed by atoms with E-state index in [9.17, 15) is 8.42 Å². The van der Waals surface area contributed by atoms with Crippen LogP contribution in [0.4, 0.5) is 0 Å². The second-order valence-electron chi connectivity index (χ2n) is 5.93. The molecule has 1 aromatic heterocycles. The molecule has 2 fully saturated rings. The summed E-state index contributed by atoms with van der Waals surface area (Å²) in [7, 11) is -1.85. The zero-order valence-corrected chi connectivity index (χ0v) is 13.2. The van der Waals surface area contributed by atoms with Gasteiger partial charge in [-0.3, -0.25) is 0 Å². The monoisotopic (exact) mass is 313 g/mol. The van der Waals surface area contributed by atoms with Crippen molar-refractivity contribution in [2.75, 3.05) is 20.2 Å². The van der Waals surface area contributed by atoms with Gasteiger partial charge in [-0.1, -0.05) is 0 Å². The maximum Gasteiger partial charge on any atom is 0.244 e. The van der Waals surface area contributed by atoms with E-state index < -0.39 is 10.0 Å². The van der Waals surface area contributed by atoms with Crippen molar-refractivity contribution in [1.82, 2.24) is 8.87 Å². The Morgan fingerprint density at radius 3 is 2.76 bits per heavy atom. The smallest absolute Gasteiger partial charge is 0.244 e. The molecule has 1 saturated heterocycles. The predicted molar refractivity (Wildman–Crippen MR) is 79.4 cm³/mol. The summed E-state index contributed by atoms with van der Waals surface area (Å²) in [5.41, 5.74) is 6.62. The zero-order chi connectivity index (χ0) is 15.0. The van der Waals surface area contributed by atoms with Crippen molar-refractivity contribution in [3.05, 3.63) is 18.0 Å². The first-order valence-electron chi connectivity index (χ1n) is 7.51. The Morgan fingerprint density at radius 1 is 1.43 bits per heavy atom. The van der Waals surface area contributed by atoms with E-state index >= 15 is 0 Å². The standard InChI is InChI=1S/C14H23N3O3S/c1-16(9-13-3-2-6-20-13)21(18,19)14-7-12(8-15)17(10-14)11-4-5-11/h7,10-11,13H,2-6,8-9,15H2,1H3. The summed E-state index contributed by atoms with van der Waals surface area (Å²) in [5.74, 6) is 0. The van der Waals surface area contributed by atoms with E-state index in [1.807, 2.05) is 4.57 Å². The molecule has 7 heteroatoms. The predicted octanol–water partition coefficient (Wildman–Crippen LogP) is 1.08. The lowest BCUT2D eigenvalue weighted by atomic mass is 10.2. The minimum atomic E-state index is -3.47. The molecule has 118 valence electrons. The van der Waals surface area contributed by atoms with E-state index in [0.29, 0.717) is 24.0 Å². The van der Waals surface area contributed by atoms with Gasteiger partial charge in [-0.25, -0.2) is 8.42 Å². The van der Waals surface area contributed by atoms with E-state index in [1.165, 1.54) is 4.31 Å². The number of nitrogens with two attached hydrogens (primary N) is 1. The lowest BCUT2D eigenvalue weighted by molar-refractivity contribution is 0.0979. The Hall–Kier alpha value is -0.890. The molecule has 0 radical (unpaired) electrons. The average molecular weight is 313 g/mol. The summed E-state index contributed by atoms with van der Waals surface area (Å²) < 4.78 is 34.3. The third kappa shape index (κ3) is 3.01. The molecule has 3 rings (SSSR count). The second kappa shape index (κ2) is 5.72. The van der Waals surface area contributed by atoms with Gasteiger partial charge in [0.1, 0.15) is 4.90 Å². The zero-order valence-electron chi connectivity index (χ0n) is 12.4. The van der Waals surface area contributed by atoms with Crippen LogP contribution >= 0.6 is 0 Å². The van der Waals surface area contributed by atoms with Gasteiger partial charge in [0.2, 0.25) is 10.0 Å². The molecule has 2 heterocycles. The topological polar surface area (TPSA) is 77.6 Å². The van der Waals surface area contributed by atoms with Crippen LogP contribution in [-0.2, 0) is 21.3 Å². The van der Waals surface area contributed by atoms with Crippen molar-refractivity contribution in [3.8, 4) is 0 Å². The van der Waals surface area contributed by atoms with Crippen LogP contribution in [0.1, 0.15) is 37.4 Å². The highest BCUT2D eigenvalue weighted by atomic mass is 32.2. The van der Waals surface area contributed by atoms with Crippen molar-refractivity contribution < 1.29 is 13.2 Å². The van der Waals surface area contributed by atoms with Gasteiger partial charge in [0.05, 0.1) is 6.10 Å². The van der Waals surface area contributed by atoms with Crippen molar-refractivity contribution in [2.45, 2.75) is 49.3 Å². The summed E-state index contributed by atoms with van der Waals surface area (Å²) in [6.45, 7) is 1.50. The SMILES string of the molecule is CN(CC1CCCO1)S(=O)(=O)c1cc(CN)n(C2CC2)c1. The Morgan fingerprint density at radius 2 is 2.19 bits per heavy atom. The van der Waals surface area contributed by atoms with Gasteiger partial charge in [0.25, 0.3) is 0 Å². The maximum atomic E-state index is 12.7. The molecule has 2 N–H and O–H groups in total. The molecule has 1 aromatic rings. The number of likely N-dealkylation sites (N-methyl/N-ethyl adjacent to an activating group) is 1. The third-order valence-corrected chi connectivity index (χ3v) is 6.04. The van der Waals surface area contributed by atoms with Crippen molar-refractivity contribution >= 4 is 10.0 Å². The molecule has 1 saturated carbocycles. The third-order valence-electron chi connectivity index (χ3n) is 4.25. The molecule has 2 aliphatic rings. The highest BCUT2D eigenvalue weighted by Crippen LogP contribution is 2.37. The Labute approximate surface area is 125 Å². The summed E-state index contributed by atoms with van der Waals surface area (Å²) in [6, 6.07) is 2.13. The quantitative estimate of drug-likeness (QED) is 0.852. The van der Waals surface area contributed by atoms with Crippen molar-refractivity contribution in [2.24, 2.45) is 5.73 Å². The molecule has 1 aliphatic heterocycles. The number of aromatic nitrogens is 1. The minimum absolute atomic E-state index is 0.0178. The van der Waals surface area contributed by atoms with E-state index in [-0.39, 0.29) is 6.10 Å². The number of ether oxygens (including phenoxy) is 1. The van der Waals surface area contributed by atoms with Gasteiger partial charge in [0, 0.05) is 44.7 Å². The summed E-state index contributed by atoms with van der Waals surface area (Å²) in [4.78, 5) is 0.343.